The molecule has 1 aromatic heterocycles. The Bertz CT molecular complexity index is 644. The number of hydrogen-bond donors (Lipinski definition) is 1. The Labute approximate surface area is 91.0 Å². The van der Waals surface area contributed by atoms with Gasteiger partial charge in [-0.3, -0.25) is 10.1 Å². The van der Waals surface area contributed by atoms with Gasteiger partial charge >= 0.3 is 5.88 Å². The molecule has 6 nitrogen and oxygen atoms in total. The van der Waals surface area contributed by atoms with Crippen LogP contribution in [-0.4, -0.2) is 24.2 Å². The molecular formula is C9H8N2O4S. The first-order valence-corrected chi connectivity index (χ1v) is 6.06. The number of fused-ring (bicyclic) bond motifs is 1. The van der Waals surface area contributed by atoms with Gasteiger partial charge in [-0.05, 0) is 6.07 Å². The smallest absolute Gasteiger partial charge is 0.306 e. The van der Waals surface area contributed by atoms with Crippen LogP contribution in [0, 0.1) is 10.1 Å². The topological polar surface area (TPSA) is 93.1 Å². The maximum absolute atomic E-state index is 11.7. The Morgan fingerprint density at radius 2 is 2.00 bits per heavy atom. The van der Waals surface area contributed by atoms with Gasteiger partial charge in [-0.15, -0.1) is 0 Å². The highest BCUT2D eigenvalue weighted by Crippen LogP contribution is 2.23. The summed E-state index contributed by atoms with van der Waals surface area (Å²) in [4.78, 5) is 12.2. The molecule has 0 amide bonds. The molecule has 1 aromatic carbocycles. The number of rotatable bonds is 3. The fraction of sp³-hybridized carbons (Fsp3) is 0.111. The minimum Gasteiger partial charge on any atom is -0.360 e. The summed E-state index contributed by atoms with van der Waals surface area (Å²) in [7, 11) is -3.87. The van der Waals surface area contributed by atoms with Crippen LogP contribution in [-0.2, 0) is 9.84 Å². The molecule has 0 unspecified atom stereocenters. The van der Waals surface area contributed by atoms with Crippen LogP contribution in [0.4, 0.5) is 0 Å². The number of nitrogens with zero attached hydrogens (tertiary/aromatic N) is 1. The minimum atomic E-state index is -3.87. The summed E-state index contributed by atoms with van der Waals surface area (Å²) in [5.41, 5.74) is 0.643. The summed E-state index contributed by atoms with van der Waals surface area (Å²) >= 11 is 0. The quantitative estimate of drug-likeness (QED) is 0.643. The molecule has 0 radical (unpaired) electrons. The van der Waals surface area contributed by atoms with Gasteiger partial charge in [0.05, 0.1) is 4.90 Å². The van der Waals surface area contributed by atoms with Crippen LogP contribution in [0.1, 0.15) is 0 Å². The van der Waals surface area contributed by atoms with Crippen LogP contribution in [0.15, 0.2) is 35.4 Å². The highest BCUT2D eigenvalue weighted by atomic mass is 32.2. The van der Waals surface area contributed by atoms with Crippen molar-refractivity contribution in [2.75, 3.05) is 5.88 Å². The van der Waals surface area contributed by atoms with Gasteiger partial charge in [-0.1, -0.05) is 18.2 Å². The third-order valence-electron chi connectivity index (χ3n) is 2.16. The number of nitrogens with one attached hydrogen (secondary N) is 1. The predicted octanol–water partition coefficient (Wildman–Crippen LogP) is 1.18. The second kappa shape index (κ2) is 3.60. The number of H-pyrrole nitrogens is 1. The van der Waals surface area contributed by atoms with Gasteiger partial charge in [0.2, 0.25) is 9.84 Å². The third kappa shape index (κ3) is 1.76. The molecule has 7 heteroatoms. The zero-order valence-corrected chi connectivity index (χ0v) is 8.90. The molecule has 0 aliphatic carbocycles. The minimum absolute atomic E-state index is 0.0280. The second-order valence-electron chi connectivity index (χ2n) is 3.28. The van der Waals surface area contributed by atoms with Gasteiger partial charge in [-0.2, -0.15) is 0 Å². The van der Waals surface area contributed by atoms with Gasteiger partial charge in [0.25, 0.3) is 0 Å². The van der Waals surface area contributed by atoms with Crippen LogP contribution >= 0.6 is 0 Å². The standard InChI is InChI=1S/C9H8N2O4S/c12-11(13)6-16(14,15)9-5-10-8-4-2-1-3-7(8)9/h1-5,10H,6H2. The van der Waals surface area contributed by atoms with Gasteiger partial charge in [0.1, 0.15) is 0 Å². The van der Waals surface area contributed by atoms with Crippen LogP contribution in [0.5, 0.6) is 0 Å². The summed E-state index contributed by atoms with van der Waals surface area (Å²) in [6, 6.07) is 6.75. The van der Waals surface area contributed by atoms with Crippen LogP contribution < -0.4 is 0 Å². The molecule has 2 aromatic rings. The SMILES string of the molecule is O=[N+]([O-])CS(=O)(=O)c1c[nH]c2ccccc12. The first-order valence-electron chi connectivity index (χ1n) is 4.41. The van der Waals surface area contributed by atoms with E-state index in [1.165, 1.54) is 6.20 Å². The Balaban J connectivity index is 2.60. The molecule has 0 aliphatic rings. The fourth-order valence-corrected chi connectivity index (χ4v) is 2.68. The first-order chi connectivity index (χ1) is 7.50. The lowest BCUT2D eigenvalue weighted by molar-refractivity contribution is -0.458. The third-order valence-corrected chi connectivity index (χ3v) is 3.72. The number of sulfone groups is 1. The number of hydrogen-bond acceptors (Lipinski definition) is 4. The van der Waals surface area contributed by atoms with E-state index in [1.807, 2.05) is 0 Å². The number of para-hydroxylation sites is 1. The summed E-state index contributed by atoms with van der Waals surface area (Å²) in [5.74, 6) is -1.09. The van der Waals surface area contributed by atoms with Gasteiger partial charge in [0.15, 0.2) is 0 Å². The monoisotopic (exact) mass is 240 g/mol. The van der Waals surface area contributed by atoms with E-state index in [4.69, 9.17) is 0 Å². The summed E-state index contributed by atoms with van der Waals surface area (Å²) in [6.07, 6.45) is 1.28. The maximum atomic E-state index is 11.7. The second-order valence-corrected chi connectivity index (χ2v) is 5.20. The average molecular weight is 240 g/mol. The predicted molar refractivity (Wildman–Crippen MR) is 57.3 cm³/mol. The highest BCUT2D eigenvalue weighted by Gasteiger charge is 2.24. The molecule has 0 saturated heterocycles. The van der Waals surface area contributed by atoms with Crippen molar-refractivity contribution in [1.82, 2.24) is 4.98 Å². The van der Waals surface area contributed by atoms with E-state index in [0.29, 0.717) is 10.9 Å². The van der Waals surface area contributed by atoms with E-state index < -0.39 is 20.6 Å². The summed E-state index contributed by atoms with van der Waals surface area (Å²) in [5, 5.41) is 10.7. The maximum Gasteiger partial charge on any atom is 0.306 e. The van der Waals surface area contributed by atoms with Crippen LogP contribution in [0.25, 0.3) is 10.9 Å². The van der Waals surface area contributed by atoms with Crippen molar-refractivity contribution >= 4 is 20.7 Å². The van der Waals surface area contributed by atoms with Gasteiger partial charge in [0, 0.05) is 22.0 Å². The molecule has 1 heterocycles. The highest BCUT2D eigenvalue weighted by molar-refractivity contribution is 7.91. The van der Waals surface area contributed by atoms with Crippen LogP contribution in [0.3, 0.4) is 0 Å². The summed E-state index contributed by atoms with van der Waals surface area (Å²) < 4.78 is 23.3. The number of aromatic amines is 1. The lowest BCUT2D eigenvalue weighted by Gasteiger charge is -1.97. The molecule has 0 aliphatic heterocycles. The van der Waals surface area contributed by atoms with E-state index >= 15 is 0 Å². The molecule has 16 heavy (non-hydrogen) atoms. The van der Waals surface area contributed by atoms with Crippen molar-refractivity contribution in [3.63, 3.8) is 0 Å². The molecule has 0 saturated carbocycles. The molecule has 0 bridgehead atoms. The van der Waals surface area contributed by atoms with Crippen molar-refractivity contribution in [3.8, 4) is 0 Å². The number of aromatic nitrogens is 1. The molecule has 0 atom stereocenters. The van der Waals surface area contributed by atoms with Crippen molar-refractivity contribution in [3.05, 3.63) is 40.6 Å². The van der Waals surface area contributed by atoms with Gasteiger partial charge in [-0.25, -0.2) is 8.42 Å². The number of benzene rings is 1. The van der Waals surface area contributed by atoms with Crippen LogP contribution in [0.2, 0.25) is 0 Å². The zero-order chi connectivity index (χ0) is 11.8. The van der Waals surface area contributed by atoms with E-state index in [9.17, 15) is 18.5 Å². The van der Waals surface area contributed by atoms with Crippen molar-refractivity contribution in [2.45, 2.75) is 4.90 Å². The lowest BCUT2D eigenvalue weighted by atomic mass is 10.2. The molecule has 84 valence electrons. The summed E-state index contributed by atoms with van der Waals surface area (Å²) in [6.45, 7) is 0. The van der Waals surface area contributed by atoms with E-state index in [-0.39, 0.29) is 4.90 Å². The average Bonchev–Trinajstić information content (AvgIpc) is 2.59. The number of nitro groups is 1. The fourth-order valence-electron chi connectivity index (χ4n) is 1.51. The Hall–Kier alpha value is -1.89. The zero-order valence-electron chi connectivity index (χ0n) is 8.08. The molecular weight excluding hydrogens is 232 g/mol. The molecule has 2 rings (SSSR count). The Morgan fingerprint density at radius 1 is 1.31 bits per heavy atom. The van der Waals surface area contributed by atoms with E-state index in [1.54, 1.807) is 24.3 Å². The molecule has 0 fully saturated rings. The Kier molecular flexibility index (Phi) is 2.39. The normalized spacial score (nSPS) is 11.8. The van der Waals surface area contributed by atoms with Crippen molar-refractivity contribution in [2.24, 2.45) is 0 Å². The molecule has 1 N–H and O–H groups in total. The van der Waals surface area contributed by atoms with Crippen molar-refractivity contribution in [1.29, 1.82) is 0 Å². The van der Waals surface area contributed by atoms with Gasteiger partial charge < -0.3 is 4.98 Å². The van der Waals surface area contributed by atoms with E-state index in [2.05, 4.69) is 4.98 Å². The van der Waals surface area contributed by atoms with E-state index in [0.717, 1.165) is 0 Å². The Morgan fingerprint density at radius 3 is 2.69 bits per heavy atom. The lowest BCUT2D eigenvalue weighted by Crippen LogP contribution is -2.14. The largest absolute Gasteiger partial charge is 0.360 e. The van der Waals surface area contributed by atoms with Crippen molar-refractivity contribution < 1.29 is 13.3 Å². The first kappa shape index (κ1) is 10.6. The molecule has 0 spiro atoms.